The standard InChI is InChI=1S/C22H33N5O2S/c1-4-23-22(26(3)16-20-17-30-18(2)25-20)24-15-19-6-5-7-21(14-19)29-13-10-27-8-11-28-12-9-27/h5-7,14,17H,4,8-13,15-16H2,1-3H3,(H,23,24). The summed E-state index contributed by atoms with van der Waals surface area (Å²) < 4.78 is 11.4. The van der Waals surface area contributed by atoms with E-state index in [0.717, 1.165) is 73.9 Å². The average Bonchev–Trinajstić information content (AvgIpc) is 3.16. The maximum Gasteiger partial charge on any atom is 0.194 e. The van der Waals surface area contributed by atoms with Crippen molar-refractivity contribution in [2.75, 3.05) is 53.0 Å². The average molecular weight is 432 g/mol. The SMILES string of the molecule is CCNC(=NCc1cccc(OCCN2CCOCC2)c1)N(C)Cc1csc(C)n1. The van der Waals surface area contributed by atoms with Gasteiger partial charge >= 0.3 is 0 Å². The van der Waals surface area contributed by atoms with E-state index in [1.807, 2.05) is 26.1 Å². The van der Waals surface area contributed by atoms with Crippen LogP contribution in [-0.2, 0) is 17.8 Å². The van der Waals surface area contributed by atoms with Crippen LogP contribution >= 0.6 is 11.3 Å². The molecule has 0 bridgehead atoms. The molecular weight excluding hydrogens is 398 g/mol. The third-order valence-electron chi connectivity index (χ3n) is 4.85. The molecule has 2 heterocycles. The Morgan fingerprint density at radius 2 is 2.20 bits per heavy atom. The quantitative estimate of drug-likeness (QED) is 0.487. The Kier molecular flexibility index (Phi) is 8.92. The van der Waals surface area contributed by atoms with Crippen LogP contribution in [0.4, 0.5) is 0 Å². The highest BCUT2D eigenvalue weighted by atomic mass is 32.1. The Morgan fingerprint density at radius 1 is 1.37 bits per heavy atom. The molecule has 0 spiro atoms. The first-order valence-corrected chi connectivity index (χ1v) is 11.4. The second-order valence-electron chi connectivity index (χ2n) is 7.33. The monoisotopic (exact) mass is 431 g/mol. The molecule has 1 aromatic carbocycles. The largest absolute Gasteiger partial charge is 0.492 e. The fourth-order valence-corrected chi connectivity index (χ4v) is 3.89. The van der Waals surface area contributed by atoms with Gasteiger partial charge in [0.1, 0.15) is 12.4 Å². The van der Waals surface area contributed by atoms with Crippen LogP contribution in [0.3, 0.4) is 0 Å². The summed E-state index contributed by atoms with van der Waals surface area (Å²) in [6.07, 6.45) is 0. The van der Waals surface area contributed by atoms with Crippen molar-refractivity contribution < 1.29 is 9.47 Å². The molecule has 164 valence electrons. The van der Waals surface area contributed by atoms with E-state index in [1.54, 1.807) is 11.3 Å². The van der Waals surface area contributed by atoms with Gasteiger partial charge in [0, 0.05) is 38.6 Å². The Bertz CT molecular complexity index is 804. The third-order valence-corrected chi connectivity index (χ3v) is 5.67. The van der Waals surface area contributed by atoms with Gasteiger partial charge in [0.15, 0.2) is 5.96 Å². The van der Waals surface area contributed by atoms with Crippen molar-refractivity contribution in [3.8, 4) is 5.75 Å². The summed E-state index contributed by atoms with van der Waals surface area (Å²) in [6.45, 7) is 11.5. The number of guanidine groups is 1. The Morgan fingerprint density at radius 3 is 2.93 bits per heavy atom. The predicted molar refractivity (Wildman–Crippen MR) is 122 cm³/mol. The van der Waals surface area contributed by atoms with Crippen LogP contribution in [0, 0.1) is 6.92 Å². The summed E-state index contributed by atoms with van der Waals surface area (Å²) in [4.78, 5) is 13.9. The van der Waals surface area contributed by atoms with Gasteiger partial charge in [-0.25, -0.2) is 9.98 Å². The number of aryl methyl sites for hydroxylation is 1. The van der Waals surface area contributed by atoms with Crippen molar-refractivity contribution in [3.63, 3.8) is 0 Å². The van der Waals surface area contributed by atoms with Crippen LogP contribution in [0.5, 0.6) is 5.75 Å². The zero-order valence-electron chi connectivity index (χ0n) is 18.3. The van der Waals surface area contributed by atoms with Gasteiger partial charge in [-0.2, -0.15) is 0 Å². The van der Waals surface area contributed by atoms with E-state index < -0.39 is 0 Å². The second-order valence-corrected chi connectivity index (χ2v) is 8.40. The number of thiazole rings is 1. The number of aromatic nitrogens is 1. The molecule has 1 aromatic heterocycles. The summed E-state index contributed by atoms with van der Waals surface area (Å²) in [5.74, 6) is 1.77. The van der Waals surface area contributed by atoms with Gasteiger partial charge in [-0.15, -0.1) is 11.3 Å². The molecule has 0 aliphatic carbocycles. The molecule has 1 aliphatic rings. The fourth-order valence-electron chi connectivity index (χ4n) is 3.29. The minimum Gasteiger partial charge on any atom is -0.492 e. The number of hydrogen-bond donors (Lipinski definition) is 1. The summed E-state index contributed by atoms with van der Waals surface area (Å²) in [7, 11) is 2.04. The molecule has 1 N–H and O–H groups in total. The molecule has 2 aromatic rings. The zero-order chi connectivity index (χ0) is 21.2. The van der Waals surface area contributed by atoms with Crippen molar-refractivity contribution in [2.24, 2.45) is 4.99 Å². The highest BCUT2D eigenvalue weighted by molar-refractivity contribution is 7.09. The molecule has 0 unspecified atom stereocenters. The molecule has 1 fully saturated rings. The van der Waals surface area contributed by atoms with Gasteiger partial charge in [0.25, 0.3) is 0 Å². The lowest BCUT2D eigenvalue weighted by Gasteiger charge is -2.26. The van der Waals surface area contributed by atoms with Gasteiger partial charge in [0.2, 0.25) is 0 Å². The lowest BCUT2D eigenvalue weighted by molar-refractivity contribution is 0.0322. The van der Waals surface area contributed by atoms with E-state index >= 15 is 0 Å². The van der Waals surface area contributed by atoms with Crippen molar-refractivity contribution in [3.05, 3.63) is 45.9 Å². The lowest BCUT2D eigenvalue weighted by atomic mass is 10.2. The van der Waals surface area contributed by atoms with E-state index in [-0.39, 0.29) is 0 Å². The van der Waals surface area contributed by atoms with E-state index in [2.05, 4.69) is 44.5 Å². The third kappa shape index (κ3) is 7.27. The molecule has 1 aliphatic heterocycles. The van der Waals surface area contributed by atoms with E-state index in [9.17, 15) is 0 Å². The molecule has 0 amide bonds. The fraction of sp³-hybridized carbons (Fsp3) is 0.545. The summed E-state index contributed by atoms with van der Waals surface area (Å²) >= 11 is 1.68. The molecule has 0 atom stereocenters. The first kappa shape index (κ1) is 22.5. The maximum absolute atomic E-state index is 5.97. The zero-order valence-corrected chi connectivity index (χ0v) is 19.1. The summed E-state index contributed by atoms with van der Waals surface area (Å²) in [6, 6.07) is 8.21. The molecule has 30 heavy (non-hydrogen) atoms. The highest BCUT2D eigenvalue weighted by Crippen LogP contribution is 2.15. The van der Waals surface area contributed by atoms with Crippen LogP contribution in [-0.4, -0.2) is 73.8 Å². The van der Waals surface area contributed by atoms with Gasteiger partial charge in [0.05, 0.1) is 37.0 Å². The van der Waals surface area contributed by atoms with Crippen LogP contribution in [0.1, 0.15) is 23.2 Å². The Balaban J connectivity index is 1.53. The van der Waals surface area contributed by atoms with Crippen molar-refractivity contribution in [1.29, 1.82) is 0 Å². The topological polar surface area (TPSA) is 62.2 Å². The predicted octanol–water partition coefficient (Wildman–Crippen LogP) is 2.76. The molecular formula is C22H33N5O2S. The van der Waals surface area contributed by atoms with Crippen LogP contribution in [0.15, 0.2) is 34.6 Å². The highest BCUT2D eigenvalue weighted by Gasteiger charge is 2.10. The van der Waals surface area contributed by atoms with Gasteiger partial charge in [-0.05, 0) is 31.5 Å². The maximum atomic E-state index is 5.97. The normalized spacial score (nSPS) is 15.2. The molecule has 0 radical (unpaired) electrons. The first-order valence-electron chi connectivity index (χ1n) is 10.6. The van der Waals surface area contributed by atoms with E-state index in [1.165, 1.54) is 0 Å². The molecule has 3 rings (SSSR count). The molecule has 0 saturated carbocycles. The summed E-state index contributed by atoms with van der Waals surface area (Å²) in [5, 5.41) is 6.56. The number of ether oxygens (including phenoxy) is 2. The Hall–Kier alpha value is -2.16. The first-order chi connectivity index (χ1) is 14.6. The number of aliphatic imine (C=N–C) groups is 1. The Labute approximate surface area is 183 Å². The molecule has 1 saturated heterocycles. The minimum absolute atomic E-state index is 0.601. The number of rotatable bonds is 9. The van der Waals surface area contributed by atoms with Crippen LogP contribution < -0.4 is 10.1 Å². The minimum atomic E-state index is 0.601. The number of nitrogens with zero attached hydrogens (tertiary/aromatic N) is 4. The summed E-state index contributed by atoms with van der Waals surface area (Å²) in [5.41, 5.74) is 2.20. The van der Waals surface area contributed by atoms with Crippen molar-refractivity contribution in [1.82, 2.24) is 20.1 Å². The van der Waals surface area contributed by atoms with E-state index in [0.29, 0.717) is 13.2 Å². The molecule has 7 nitrogen and oxygen atoms in total. The number of morpholine rings is 1. The van der Waals surface area contributed by atoms with Gasteiger partial charge in [-0.3, -0.25) is 4.90 Å². The van der Waals surface area contributed by atoms with Gasteiger partial charge in [-0.1, -0.05) is 12.1 Å². The van der Waals surface area contributed by atoms with Crippen LogP contribution in [0.2, 0.25) is 0 Å². The number of hydrogen-bond acceptors (Lipinski definition) is 6. The van der Waals surface area contributed by atoms with Crippen molar-refractivity contribution in [2.45, 2.75) is 26.9 Å². The molecule has 8 heteroatoms. The number of nitrogens with one attached hydrogen (secondary N) is 1. The van der Waals surface area contributed by atoms with Crippen molar-refractivity contribution >= 4 is 17.3 Å². The van der Waals surface area contributed by atoms with Crippen LogP contribution in [0.25, 0.3) is 0 Å². The smallest absolute Gasteiger partial charge is 0.194 e. The van der Waals surface area contributed by atoms with Gasteiger partial charge < -0.3 is 19.7 Å². The number of benzene rings is 1. The second kappa shape index (κ2) is 11.9. The van der Waals surface area contributed by atoms with E-state index in [4.69, 9.17) is 14.5 Å². The lowest BCUT2D eigenvalue weighted by Crippen LogP contribution is -2.38.